The normalized spacial score (nSPS) is 10.8. The zero-order chi connectivity index (χ0) is 20.1. The van der Waals surface area contributed by atoms with Gasteiger partial charge in [-0.2, -0.15) is 5.10 Å². The highest BCUT2D eigenvalue weighted by Crippen LogP contribution is 2.32. The van der Waals surface area contributed by atoms with Gasteiger partial charge in [-0.3, -0.25) is 14.9 Å². The lowest BCUT2D eigenvalue weighted by Crippen LogP contribution is -2.25. The Bertz CT molecular complexity index is 928. The quantitative estimate of drug-likeness (QED) is 0.409. The van der Waals surface area contributed by atoms with Gasteiger partial charge >= 0.3 is 5.69 Å². The van der Waals surface area contributed by atoms with Crippen molar-refractivity contribution in [2.75, 3.05) is 6.61 Å². The molecule has 0 aliphatic rings. The highest BCUT2D eigenvalue weighted by atomic mass is 79.9. The van der Waals surface area contributed by atoms with Gasteiger partial charge in [0.2, 0.25) is 5.75 Å². The number of nitrogens with one attached hydrogen (secondary N) is 1. The van der Waals surface area contributed by atoms with Gasteiger partial charge in [-0.05, 0) is 43.5 Å². The molecule has 0 bridgehead atoms. The van der Waals surface area contributed by atoms with E-state index in [0.29, 0.717) is 10.2 Å². The van der Waals surface area contributed by atoms with E-state index in [-0.39, 0.29) is 12.2 Å². The Morgan fingerprint density at radius 2 is 2.00 bits per heavy atom. The number of aryl methyl sites for hydroxylation is 2. The first-order valence-corrected chi connectivity index (χ1v) is 8.68. The molecule has 0 atom stereocenters. The van der Waals surface area contributed by atoms with Crippen molar-refractivity contribution in [3.05, 3.63) is 61.1 Å². The topological polar surface area (TPSA) is 114 Å². The van der Waals surface area contributed by atoms with E-state index in [1.807, 2.05) is 32.9 Å². The Kier molecular flexibility index (Phi) is 6.51. The van der Waals surface area contributed by atoms with Gasteiger partial charge in [0, 0.05) is 16.1 Å². The molecule has 0 radical (unpaired) electrons. The van der Waals surface area contributed by atoms with Crippen LogP contribution in [0.5, 0.6) is 11.5 Å². The number of carbonyl (C=O) groups is 1. The second kappa shape index (κ2) is 8.63. The zero-order valence-electron chi connectivity index (χ0n) is 14.9. The smallest absolute Gasteiger partial charge is 0.312 e. The van der Waals surface area contributed by atoms with Crippen molar-refractivity contribution < 1.29 is 19.6 Å². The van der Waals surface area contributed by atoms with Gasteiger partial charge in [0.15, 0.2) is 6.61 Å². The number of aromatic hydroxyl groups is 1. The summed E-state index contributed by atoms with van der Waals surface area (Å²) in [6, 6.07) is 6.50. The molecule has 2 N–H and O–H groups in total. The van der Waals surface area contributed by atoms with Gasteiger partial charge in [0.05, 0.1) is 11.1 Å². The van der Waals surface area contributed by atoms with Crippen LogP contribution in [-0.2, 0) is 4.79 Å². The molecule has 2 aromatic rings. The maximum Gasteiger partial charge on any atom is 0.312 e. The Morgan fingerprint density at radius 1 is 1.33 bits per heavy atom. The predicted molar refractivity (Wildman–Crippen MR) is 104 cm³/mol. The predicted octanol–water partition coefficient (Wildman–Crippen LogP) is 3.52. The molecule has 0 heterocycles. The zero-order valence-corrected chi connectivity index (χ0v) is 16.5. The van der Waals surface area contributed by atoms with Crippen molar-refractivity contribution in [2.24, 2.45) is 5.10 Å². The van der Waals surface area contributed by atoms with E-state index >= 15 is 0 Å². The lowest BCUT2D eigenvalue weighted by atomic mass is 10.1. The number of phenols is 1. The van der Waals surface area contributed by atoms with E-state index < -0.39 is 22.3 Å². The number of hydrogen-bond donors (Lipinski definition) is 2. The number of halogens is 1. The van der Waals surface area contributed by atoms with Gasteiger partial charge in [0.1, 0.15) is 5.75 Å². The second-order valence-electron chi connectivity index (χ2n) is 5.86. The average molecular weight is 436 g/mol. The van der Waals surface area contributed by atoms with Gasteiger partial charge in [0.25, 0.3) is 5.91 Å². The molecule has 0 spiro atoms. The van der Waals surface area contributed by atoms with Crippen molar-refractivity contribution in [1.29, 1.82) is 0 Å². The van der Waals surface area contributed by atoms with Crippen molar-refractivity contribution in [2.45, 2.75) is 20.8 Å². The van der Waals surface area contributed by atoms with Gasteiger partial charge in [-0.25, -0.2) is 5.43 Å². The first kappa shape index (κ1) is 20.4. The van der Waals surface area contributed by atoms with Crippen LogP contribution >= 0.6 is 15.9 Å². The first-order chi connectivity index (χ1) is 12.7. The third-order valence-electron chi connectivity index (χ3n) is 3.89. The minimum Gasteiger partial charge on any atom is -0.502 e. The van der Waals surface area contributed by atoms with Crippen LogP contribution in [0.3, 0.4) is 0 Å². The number of amides is 1. The number of hydrazone groups is 1. The summed E-state index contributed by atoms with van der Waals surface area (Å²) in [7, 11) is 0. The van der Waals surface area contributed by atoms with E-state index in [2.05, 4.69) is 26.5 Å². The lowest BCUT2D eigenvalue weighted by Gasteiger charge is -2.13. The van der Waals surface area contributed by atoms with Crippen LogP contribution < -0.4 is 10.2 Å². The van der Waals surface area contributed by atoms with Crippen LogP contribution in [0.2, 0.25) is 0 Å². The van der Waals surface area contributed by atoms with Crippen molar-refractivity contribution in [3.8, 4) is 11.5 Å². The van der Waals surface area contributed by atoms with Gasteiger partial charge in [-0.1, -0.05) is 28.1 Å². The molecular formula is C18H18BrN3O5. The molecule has 0 saturated heterocycles. The van der Waals surface area contributed by atoms with E-state index in [1.165, 1.54) is 12.1 Å². The third-order valence-corrected chi connectivity index (χ3v) is 4.35. The van der Waals surface area contributed by atoms with E-state index in [0.717, 1.165) is 22.9 Å². The lowest BCUT2D eigenvalue weighted by molar-refractivity contribution is -0.385. The largest absolute Gasteiger partial charge is 0.502 e. The molecule has 0 saturated carbocycles. The molecule has 142 valence electrons. The van der Waals surface area contributed by atoms with Crippen LogP contribution in [0, 0.1) is 30.9 Å². The molecule has 0 aliphatic heterocycles. The molecule has 0 aromatic heterocycles. The standard InChI is InChI=1S/C18H18BrN3O5/c1-10-4-5-11(2)18(12(10)3)27-9-16(23)21-20-8-13-6-14(19)7-15(17(13)24)22(25)26/h4-8,24H,9H2,1-3H3,(H,21,23)/b20-8-. The fourth-order valence-electron chi connectivity index (χ4n) is 2.33. The minimum atomic E-state index is -0.712. The third kappa shape index (κ3) is 5.04. The SMILES string of the molecule is Cc1ccc(C)c(OCC(=O)N/N=C\c2cc(Br)cc([N+](=O)[O-])c2O)c1C. The monoisotopic (exact) mass is 435 g/mol. The molecular weight excluding hydrogens is 418 g/mol. The number of ether oxygens (including phenoxy) is 1. The fraction of sp³-hybridized carbons (Fsp3) is 0.222. The number of nitro benzene ring substituents is 1. The van der Waals surface area contributed by atoms with Crippen molar-refractivity contribution in [1.82, 2.24) is 5.43 Å². The minimum absolute atomic E-state index is 0.0858. The Balaban J connectivity index is 2.02. The molecule has 2 aromatic carbocycles. The summed E-state index contributed by atoms with van der Waals surface area (Å²) in [4.78, 5) is 22.1. The summed E-state index contributed by atoms with van der Waals surface area (Å²) in [5.74, 6) is -0.395. The second-order valence-corrected chi connectivity index (χ2v) is 6.77. The highest BCUT2D eigenvalue weighted by Gasteiger charge is 2.17. The maximum atomic E-state index is 11.9. The Hall–Kier alpha value is -2.94. The molecule has 27 heavy (non-hydrogen) atoms. The first-order valence-electron chi connectivity index (χ1n) is 7.89. The number of hydrogen-bond acceptors (Lipinski definition) is 6. The van der Waals surface area contributed by atoms with Crippen molar-refractivity contribution >= 4 is 33.7 Å². The van der Waals surface area contributed by atoms with E-state index in [9.17, 15) is 20.0 Å². The summed E-state index contributed by atoms with van der Waals surface area (Å²) >= 11 is 3.12. The molecule has 0 aliphatic carbocycles. The number of rotatable bonds is 6. The molecule has 0 fully saturated rings. The summed E-state index contributed by atoms with van der Waals surface area (Å²) in [5, 5.41) is 24.5. The average Bonchev–Trinajstić information content (AvgIpc) is 2.60. The van der Waals surface area contributed by atoms with Crippen molar-refractivity contribution in [3.63, 3.8) is 0 Å². The summed E-state index contributed by atoms with van der Waals surface area (Å²) in [5.41, 5.74) is 4.81. The maximum absolute atomic E-state index is 11.9. The fourth-order valence-corrected chi connectivity index (χ4v) is 2.80. The number of carbonyl (C=O) groups excluding carboxylic acids is 1. The van der Waals surface area contributed by atoms with E-state index in [4.69, 9.17) is 4.74 Å². The summed E-state index contributed by atoms with van der Waals surface area (Å²) in [6.45, 7) is 5.51. The number of phenolic OH excluding ortho intramolecular Hbond substituents is 1. The number of nitro groups is 1. The summed E-state index contributed by atoms with van der Waals surface area (Å²) in [6.07, 6.45) is 1.12. The number of benzene rings is 2. The van der Waals surface area contributed by atoms with Crippen LogP contribution in [0.1, 0.15) is 22.3 Å². The summed E-state index contributed by atoms with van der Waals surface area (Å²) < 4.78 is 5.97. The van der Waals surface area contributed by atoms with Crippen LogP contribution in [0.25, 0.3) is 0 Å². The van der Waals surface area contributed by atoms with Crippen LogP contribution in [0.15, 0.2) is 33.8 Å². The molecule has 8 nitrogen and oxygen atoms in total. The Labute approximate surface area is 164 Å². The molecule has 2 rings (SSSR count). The highest BCUT2D eigenvalue weighted by molar-refractivity contribution is 9.10. The van der Waals surface area contributed by atoms with Gasteiger partial charge in [-0.15, -0.1) is 0 Å². The van der Waals surface area contributed by atoms with Crippen LogP contribution in [0.4, 0.5) is 5.69 Å². The van der Waals surface area contributed by atoms with Gasteiger partial charge < -0.3 is 9.84 Å². The molecule has 9 heteroatoms. The van der Waals surface area contributed by atoms with E-state index in [1.54, 1.807) is 0 Å². The Morgan fingerprint density at radius 3 is 2.67 bits per heavy atom. The van der Waals surface area contributed by atoms with Crippen LogP contribution in [-0.4, -0.2) is 28.8 Å². The molecule has 0 unspecified atom stereocenters. The molecule has 1 amide bonds. The number of nitrogens with zero attached hydrogens (tertiary/aromatic N) is 2.